The summed E-state index contributed by atoms with van der Waals surface area (Å²) in [5, 5.41) is 0. The molecule has 0 unspecified atom stereocenters. The molecule has 9 heteroatoms. The van der Waals surface area contributed by atoms with Gasteiger partial charge in [-0.25, -0.2) is 0 Å². The summed E-state index contributed by atoms with van der Waals surface area (Å²) in [6.07, 6.45) is 12.7. The third kappa shape index (κ3) is 7.48. The molecule has 0 aromatic carbocycles. The molecule has 2 aliphatic carbocycles. The first-order valence-electron chi connectivity index (χ1n) is 8.82. The predicted molar refractivity (Wildman–Crippen MR) is 122 cm³/mol. The average Bonchev–Trinajstić information content (AvgIpc) is 2.53. The van der Waals surface area contributed by atoms with Gasteiger partial charge in [0.05, 0.1) is 0 Å². The number of hydrogen-bond donors (Lipinski definition) is 0. The Morgan fingerprint density at radius 2 is 1.11 bits per heavy atom. The summed E-state index contributed by atoms with van der Waals surface area (Å²) >= 11 is -0.114. The van der Waals surface area contributed by atoms with Crippen LogP contribution in [0.3, 0.4) is 0 Å². The second-order valence-corrected chi connectivity index (χ2v) is 42.7. The van der Waals surface area contributed by atoms with Gasteiger partial charge in [0.1, 0.15) is 0 Å². The summed E-state index contributed by atoms with van der Waals surface area (Å²) < 4.78 is 44.1. The van der Waals surface area contributed by atoms with Crippen LogP contribution in [-0.4, -0.2) is 57.2 Å². The van der Waals surface area contributed by atoms with Crippen molar-refractivity contribution < 1.29 is 16.8 Å². The van der Waals surface area contributed by atoms with Gasteiger partial charge >= 0.3 is 176 Å². The van der Waals surface area contributed by atoms with Gasteiger partial charge in [0.25, 0.3) is 0 Å². The molecule has 0 bridgehead atoms. The van der Waals surface area contributed by atoms with Crippen LogP contribution in [0.1, 0.15) is 12.8 Å². The Kier molecular flexibility index (Phi) is 7.93. The maximum absolute atomic E-state index is 11.0. The van der Waals surface area contributed by atoms with E-state index < -0.39 is 31.8 Å². The Morgan fingerprint density at radius 1 is 0.741 bits per heavy atom. The van der Waals surface area contributed by atoms with Crippen molar-refractivity contribution >= 4 is 60.9 Å². The van der Waals surface area contributed by atoms with Crippen LogP contribution in [0.5, 0.6) is 0 Å². The van der Waals surface area contributed by atoms with E-state index in [-0.39, 0.29) is 19.3 Å². The summed E-state index contributed by atoms with van der Waals surface area (Å²) in [6.45, 7) is 9.89. The molecular weight excluding hydrogens is 528 g/mol. The predicted octanol–water partition coefficient (Wildman–Crippen LogP) is 2.98. The van der Waals surface area contributed by atoms with Crippen molar-refractivity contribution in [3.63, 3.8) is 0 Å². The fourth-order valence-corrected chi connectivity index (χ4v) is 58.3. The molecule has 0 spiro atoms. The van der Waals surface area contributed by atoms with Gasteiger partial charge in [-0.05, 0) is 0 Å². The van der Waals surface area contributed by atoms with Gasteiger partial charge in [-0.15, -0.1) is 0 Å². The zero-order chi connectivity index (χ0) is 20.2. The minimum absolute atomic E-state index is 0.114. The van der Waals surface area contributed by atoms with Crippen molar-refractivity contribution in [1.29, 1.82) is 0 Å². The van der Waals surface area contributed by atoms with E-state index in [0.29, 0.717) is 22.6 Å². The van der Waals surface area contributed by atoms with E-state index in [1.54, 1.807) is 12.2 Å². The standard InChI is InChI=1S/C18H26O4S2Si2Te/c1-25(2,13-15-5-9-17(10-6-15)23(19)20)27-26(3,4)14-16-7-11-18(12-8-16)24(21)22/h5-9,11H,10,12-14H2,1-4H3. The Labute approximate surface area is 175 Å². The molecule has 148 valence electrons. The topological polar surface area (TPSA) is 68.3 Å². The van der Waals surface area contributed by atoms with Crippen LogP contribution in [0.15, 0.2) is 47.6 Å². The monoisotopic (exact) mass is 556 g/mol. The molecule has 0 saturated heterocycles. The van der Waals surface area contributed by atoms with E-state index in [1.165, 1.54) is 11.1 Å². The maximum atomic E-state index is 11.0. The third-order valence-corrected chi connectivity index (χ3v) is 43.6. The van der Waals surface area contributed by atoms with Crippen LogP contribution in [-0.2, 0) is 20.6 Å². The van der Waals surface area contributed by atoms with Crippen molar-refractivity contribution in [3.8, 4) is 0 Å². The second-order valence-electron chi connectivity index (χ2n) is 8.01. The van der Waals surface area contributed by atoms with Gasteiger partial charge in [-0.2, -0.15) is 0 Å². The van der Waals surface area contributed by atoms with E-state index in [0.717, 1.165) is 12.1 Å². The summed E-state index contributed by atoms with van der Waals surface area (Å²) in [5.74, 6) is 0. The molecule has 4 nitrogen and oxygen atoms in total. The van der Waals surface area contributed by atoms with E-state index in [1.807, 2.05) is 12.2 Å². The van der Waals surface area contributed by atoms with Crippen molar-refractivity contribution in [2.45, 2.75) is 51.1 Å². The average molecular weight is 554 g/mol. The number of rotatable bonds is 6. The van der Waals surface area contributed by atoms with Crippen LogP contribution in [0, 0.1) is 0 Å². The van der Waals surface area contributed by atoms with E-state index in [9.17, 15) is 16.8 Å². The molecule has 0 aliphatic heterocycles. The van der Waals surface area contributed by atoms with Crippen molar-refractivity contribution in [3.05, 3.63) is 47.6 Å². The first-order valence-corrected chi connectivity index (χ1v) is 24.2. The van der Waals surface area contributed by atoms with Gasteiger partial charge in [0.2, 0.25) is 0 Å². The Hall–Kier alpha value is -0.437. The molecule has 0 heterocycles. The Balaban J connectivity index is 2.00. The molecule has 0 N–H and O–H groups in total. The molecule has 27 heavy (non-hydrogen) atoms. The summed E-state index contributed by atoms with van der Waals surface area (Å²) in [4.78, 5) is 0.936. The summed E-state index contributed by atoms with van der Waals surface area (Å²) in [6, 6.07) is 2.26. The normalized spacial score (nSPS) is 17.6. The van der Waals surface area contributed by atoms with Crippen molar-refractivity contribution in [1.82, 2.24) is 0 Å². The number of allylic oxidation sites excluding steroid dienone is 8. The molecule has 0 fully saturated rings. The molecule has 2 aliphatic rings. The SMILES string of the molecule is C[Si](C)(CC1=CCC(=S(=O)=O)C=C1)[Te][Si](C)(C)CC1=CCC(=S(=O)=O)C=C1. The summed E-state index contributed by atoms with van der Waals surface area (Å²) in [7, 11) is -4.21. The zero-order valence-corrected chi connectivity index (χ0v) is 22.1. The van der Waals surface area contributed by atoms with Crippen molar-refractivity contribution in [2.24, 2.45) is 0 Å². The van der Waals surface area contributed by atoms with Crippen LogP contribution in [0.25, 0.3) is 0 Å². The molecule has 0 radical (unpaired) electrons. The van der Waals surface area contributed by atoms with Gasteiger partial charge in [-0.1, -0.05) is 0 Å². The third-order valence-electron chi connectivity index (χ3n) is 4.34. The second kappa shape index (κ2) is 9.37. The van der Waals surface area contributed by atoms with Crippen molar-refractivity contribution in [2.75, 3.05) is 0 Å². The molecule has 0 saturated carbocycles. The van der Waals surface area contributed by atoms with Gasteiger partial charge in [-0.3, -0.25) is 0 Å². The van der Waals surface area contributed by atoms with Crippen LogP contribution < -0.4 is 0 Å². The fraction of sp³-hybridized carbons (Fsp3) is 0.444. The summed E-state index contributed by atoms with van der Waals surface area (Å²) in [5.41, 5.74) is -0.0829. The first kappa shape index (κ1) is 22.8. The van der Waals surface area contributed by atoms with Crippen LogP contribution in [0.4, 0.5) is 0 Å². The molecule has 0 amide bonds. The molecule has 0 aromatic rings. The van der Waals surface area contributed by atoms with Gasteiger partial charge in [0.15, 0.2) is 0 Å². The number of hydrogen-bond acceptors (Lipinski definition) is 4. The first-order chi connectivity index (χ1) is 12.5. The van der Waals surface area contributed by atoms with E-state index >= 15 is 0 Å². The van der Waals surface area contributed by atoms with E-state index in [4.69, 9.17) is 0 Å². The van der Waals surface area contributed by atoms with Crippen LogP contribution in [0.2, 0.25) is 38.3 Å². The van der Waals surface area contributed by atoms with Gasteiger partial charge in [0, 0.05) is 0 Å². The molecule has 0 aromatic heterocycles. The molecular formula is C18H26O4S2Si2Te. The minimum atomic E-state index is -2.11. The molecule has 2 rings (SSSR count). The van der Waals surface area contributed by atoms with Crippen LogP contribution >= 0.6 is 0 Å². The quantitative estimate of drug-likeness (QED) is 0.374. The fourth-order valence-electron chi connectivity index (χ4n) is 3.45. The van der Waals surface area contributed by atoms with Gasteiger partial charge < -0.3 is 0 Å². The molecule has 0 atom stereocenters. The zero-order valence-electron chi connectivity index (χ0n) is 16.2. The van der Waals surface area contributed by atoms with E-state index in [2.05, 4.69) is 38.3 Å². The Morgan fingerprint density at radius 3 is 1.37 bits per heavy atom. The Bertz CT molecular complexity index is 914.